The number of rotatable bonds is 4. The van der Waals surface area contributed by atoms with Gasteiger partial charge in [-0.3, -0.25) is 14.9 Å². The Balaban J connectivity index is 1.76. The Morgan fingerprint density at radius 3 is 2.27 bits per heavy atom. The minimum atomic E-state index is -0.495. The Kier molecular flexibility index (Phi) is 6.18. The first-order valence-electron chi connectivity index (χ1n) is 8.75. The second kappa shape index (κ2) is 8.16. The number of carbonyl (C=O) groups excluding carboxylic acids is 2. The molecule has 142 valence electrons. The maximum atomic E-state index is 12.1. The predicted molar refractivity (Wildman–Crippen MR) is 98.0 cm³/mol. The fourth-order valence-corrected chi connectivity index (χ4v) is 2.81. The molecular formula is C18H26N4O4. The highest BCUT2D eigenvalue weighted by Crippen LogP contribution is 2.17. The molecule has 2 rings (SSSR count). The molecule has 1 aliphatic heterocycles. The van der Waals surface area contributed by atoms with Crippen LogP contribution in [0.15, 0.2) is 24.3 Å². The molecule has 1 aromatic carbocycles. The molecule has 0 saturated carbocycles. The molecule has 8 heteroatoms. The summed E-state index contributed by atoms with van der Waals surface area (Å²) < 4.78 is 0. The molecule has 1 heterocycles. The van der Waals surface area contributed by atoms with Gasteiger partial charge in [-0.2, -0.15) is 0 Å². The molecule has 0 atom stereocenters. The zero-order valence-electron chi connectivity index (χ0n) is 15.4. The number of urea groups is 1. The first kappa shape index (κ1) is 19.7. The number of piperidine rings is 1. The normalized spacial score (nSPS) is 15.4. The summed E-state index contributed by atoms with van der Waals surface area (Å²) in [4.78, 5) is 36.2. The predicted octanol–water partition coefficient (Wildman–Crippen LogP) is 2.54. The van der Waals surface area contributed by atoms with Gasteiger partial charge in [0.25, 0.3) is 11.6 Å². The Morgan fingerprint density at radius 1 is 1.19 bits per heavy atom. The van der Waals surface area contributed by atoms with Gasteiger partial charge in [0.15, 0.2) is 0 Å². The largest absolute Gasteiger partial charge is 0.352 e. The van der Waals surface area contributed by atoms with Gasteiger partial charge < -0.3 is 15.5 Å². The highest BCUT2D eigenvalue weighted by molar-refractivity contribution is 5.94. The minimum absolute atomic E-state index is 0.0394. The second-order valence-electron chi connectivity index (χ2n) is 7.62. The van der Waals surface area contributed by atoms with Crippen molar-refractivity contribution in [2.45, 2.75) is 39.2 Å². The van der Waals surface area contributed by atoms with E-state index >= 15 is 0 Å². The van der Waals surface area contributed by atoms with E-state index in [9.17, 15) is 19.7 Å². The molecule has 0 bridgehead atoms. The third-order valence-electron chi connectivity index (χ3n) is 4.28. The number of nitro groups is 1. The lowest BCUT2D eigenvalue weighted by Crippen LogP contribution is -2.51. The fraction of sp³-hybridized carbons (Fsp3) is 0.556. The van der Waals surface area contributed by atoms with Crippen LogP contribution in [-0.2, 0) is 0 Å². The summed E-state index contributed by atoms with van der Waals surface area (Å²) in [6.07, 6.45) is 1.66. The van der Waals surface area contributed by atoms with Crippen LogP contribution in [0.4, 0.5) is 10.5 Å². The van der Waals surface area contributed by atoms with Crippen molar-refractivity contribution in [3.05, 3.63) is 39.9 Å². The molecule has 0 spiro atoms. The molecule has 0 aromatic heterocycles. The zero-order chi connectivity index (χ0) is 19.3. The molecule has 8 nitrogen and oxygen atoms in total. The topological polar surface area (TPSA) is 105 Å². The van der Waals surface area contributed by atoms with E-state index in [-0.39, 0.29) is 23.2 Å². The quantitative estimate of drug-likeness (QED) is 0.634. The molecule has 1 aliphatic rings. The number of likely N-dealkylation sites (tertiary alicyclic amines) is 1. The van der Waals surface area contributed by atoms with Crippen molar-refractivity contribution in [2.24, 2.45) is 5.92 Å². The van der Waals surface area contributed by atoms with Gasteiger partial charge in [-0.25, -0.2) is 4.79 Å². The fourth-order valence-electron chi connectivity index (χ4n) is 2.81. The van der Waals surface area contributed by atoms with Gasteiger partial charge in [0, 0.05) is 42.9 Å². The first-order valence-corrected chi connectivity index (χ1v) is 8.75. The van der Waals surface area contributed by atoms with E-state index in [0.717, 1.165) is 12.8 Å². The average Bonchev–Trinajstić information content (AvgIpc) is 2.58. The highest BCUT2D eigenvalue weighted by Gasteiger charge is 2.25. The van der Waals surface area contributed by atoms with E-state index in [1.54, 1.807) is 4.90 Å². The van der Waals surface area contributed by atoms with E-state index in [2.05, 4.69) is 10.6 Å². The van der Waals surface area contributed by atoms with Crippen molar-refractivity contribution in [3.8, 4) is 0 Å². The molecule has 0 radical (unpaired) electrons. The van der Waals surface area contributed by atoms with Gasteiger partial charge >= 0.3 is 6.03 Å². The number of nitrogens with zero attached hydrogens (tertiary/aromatic N) is 2. The van der Waals surface area contributed by atoms with Crippen molar-refractivity contribution in [2.75, 3.05) is 19.6 Å². The van der Waals surface area contributed by atoms with Crippen LogP contribution in [0.25, 0.3) is 0 Å². The lowest BCUT2D eigenvalue weighted by atomic mass is 9.96. The van der Waals surface area contributed by atoms with E-state index in [0.29, 0.717) is 31.1 Å². The van der Waals surface area contributed by atoms with Crippen LogP contribution in [0.1, 0.15) is 44.0 Å². The summed E-state index contributed by atoms with van der Waals surface area (Å²) in [6.45, 7) is 7.71. The lowest BCUT2D eigenvalue weighted by Gasteiger charge is -2.34. The van der Waals surface area contributed by atoms with Crippen LogP contribution in [0.2, 0.25) is 0 Å². The van der Waals surface area contributed by atoms with Gasteiger partial charge in [0.1, 0.15) is 0 Å². The van der Waals surface area contributed by atoms with Gasteiger partial charge in [0.05, 0.1) is 4.92 Å². The summed E-state index contributed by atoms with van der Waals surface area (Å²) in [6, 6.07) is 5.49. The summed E-state index contributed by atoms with van der Waals surface area (Å²) in [5, 5.41) is 16.5. The van der Waals surface area contributed by atoms with Crippen LogP contribution in [0.5, 0.6) is 0 Å². The standard InChI is InChI=1S/C18H26N4O4/c1-18(2,3)20-17(24)21-10-8-13(9-11-21)12-19-16(23)14-4-6-15(7-5-14)22(25)26/h4-7,13H,8-12H2,1-3H3,(H,19,23)(H,20,24). The molecule has 0 aliphatic carbocycles. The van der Waals surface area contributed by atoms with Gasteiger partial charge in [-0.15, -0.1) is 0 Å². The van der Waals surface area contributed by atoms with E-state index in [1.807, 2.05) is 20.8 Å². The highest BCUT2D eigenvalue weighted by atomic mass is 16.6. The SMILES string of the molecule is CC(C)(C)NC(=O)N1CCC(CNC(=O)c2ccc([N+](=O)[O-])cc2)CC1. The van der Waals surface area contributed by atoms with Crippen LogP contribution >= 0.6 is 0 Å². The van der Waals surface area contributed by atoms with Gasteiger partial charge in [-0.05, 0) is 51.7 Å². The van der Waals surface area contributed by atoms with E-state index in [4.69, 9.17) is 0 Å². The third-order valence-corrected chi connectivity index (χ3v) is 4.28. The zero-order valence-corrected chi connectivity index (χ0v) is 15.4. The Labute approximate surface area is 153 Å². The molecule has 0 unspecified atom stereocenters. The Morgan fingerprint density at radius 2 is 1.77 bits per heavy atom. The summed E-state index contributed by atoms with van der Waals surface area (Å²) in [5.74, 6) is 0.0727. The van der Waals surface area contributed by atoms with Crippen LogP contribution in [-0.4, -0.2) is 46.9 Å². The van der Waals surface area contributed by atoms with Crippen LogP contribution in [0, 0.1) is 16.0 Å². The number of amides is 3. The summed E-state index contributed by atoms with van der Waals surface area (Å²) in [7, 11) is 0. The van der Waals surface area contributed by atoms with Gasteiger partial charge in [0.2, 0.25) is 0 Å². The Bertz CT molecular complexity index is 659. The first-order chi connectivity index (χ1) is 12.2. The number of benzene rings is 1. The van der Waals surface area contributed by atoms with Crippen LogP contribution < -0.4 is 10.6 Å². The minimum Gasteiger partial charge on any atom is -0.352 e. The second-order valence-corrected chi connectivity index (χ2v) is 7.62. The third kappa shape index (κ3) is 5.72. The van der Waals surface area contributed by atoms with Crippen LogP contribution in [0.3, 0.4) is 0 Å². The summed E-state index contributed by atoms with van der Waals surface area (Å²) in [5.41, 5.74) is 0.104. The van der Waals surface area contributed by atoms with Crippen molar-refractivity contribution in [3.63, 3.8) is 0 Å². The molecule has 26 heavy (non-hydrogen) atoms. The number of carbonyl (C=O) groups is 2. The Hall–Kier alpha value is -2.64. The molecule has 2 N–H and O–H groups in total. The van der Waals surface area contributed by atoms with Crippen molar-refractivity contribution in [1.82, 2.24) is 15.5 Å². The number of nitro benzene ring substituents is 1. The summed E-state index contributed by atoms with van der Waals surface area (Å²) >= 11 is 0. The van der Waals surface area contributed by atoms with Gasteiger partial charge in [-0.1, -0.05) is 0 Å². The molecule has 1 aromatic rings. The maximum absolute atomic E-state index is 12.1. The molecule has 3 amide bonds. The average molecular weight is 362 g/mol. The number of nitrogens with one attached hydrogen (secondary N) is 2. The lowest BCUT2D eigenvalue weighted by molar-refractivity contribution is -0.384. The number of non-ortho nitro benzene ring substituents is 1. The maximum Gasteiger partial charge on any atom is 0.317 e. The molecular weight excluding hydrogens is 336 g/mol. The monoisotopic (exact) mass is 362 g/mol. The van der Waals surface area contributed by atoms with E-state index in [1.165, 1.54) is 24.3 Å². The van der Waals surface area contributed by atoms with E-state index < -0.39 is 4.92 Å². The van der Waals surface area contributed by atoms with Crippen molar-refractivity contribution in [1.29, 1.82) is 0 Å². The number of hydrogen-bond donors (Lipinski definition) is 2. The van der Waals surface area contributed by atoms with Crippen molar-refractivity contribution >= 4 is 17.6 Å². The number of hydrogen-bond acceptors (Lipinski definition) is 4. The molecule has 1 saturated heterocycles. The smallest absolute Gasteiger partial charge is 0.317 e. The molecule has 1 fully saturated rings. The van der Waals surface area contributed by atoms with Crippen molar-refractivity contribution < 1.29 is 14.5 Å².